The fourth-order valence-electron chi connectivity index (χ4n) is 3.97. The summed E-state index contributed by atoms with van der Waals surface area (Å²) in [5.74, 6) is -0.723. The molecule has 0 bridgehead atoms. The van der Waals surface area contributed by atoms with E-state index in [-0.39, 0.29) is 11.5 Å². The molecular formula is C27H25ClN4O4S. The Morgan fingerprint density at radius 1 is 1.03 bits per heavy atom. The SMILES string of the molecule is COc1ccc(N2C(=O)C(CC(=O)Nc3ccc(C)cc3C)N(NC(=O)c3ccc(Cl)cc3)C2=S)cc1. The number of carbonyl (C=O) groups is 3. The van der Waals surface area contributed by atoms with Gasteiger partial charge in [0.2, 0.25) is 11.0 Å². The summed E-state index contributed by atoms with van der Waals surface area (Å²) < 4.78 is 5.20. The summed E-state index contributed by atoms with van der Waals surface area (Å²) in [6.45, 7) is 3.86. The van der Waals surface area contributed by atoms with Gasteiger partial charge in [-0.2, -0.15) is 0 Å². The Labute approximate surface area is 225 Å². The van der Waals surface area contributed by atoms with E-state index in [4.69, 9.17) is 28.6 Å². The molecule has 1 heterocycles. The minimum absolute atomic E-state index is 0.0433. The molecule has 0 saturated carbocycles. The minimum Gasteiger partial charge on any atom is -0.497 e. The van der Waals surface area contributed by atoms with E-state index >= 15 is 0 Å². The van der Waals surface area contributed by atoms with Gasteiger partial charge in [-0.05, 0) is 86.2 Å². The van der Waals surface area contributed by atoms with Crippen LogP contribution in [-0.2, 0) is 9.59 Å². The van der Waals surface area contributed by atoms with E-state index in [1.54, 1.807) is 55.6 Å². The molecule has 10 heteroatoms. The van der Waals surface area contributed by atoms with Crippen molar-refractivity contribution < 1.29 is 19.1 Å². The van der Waals surface area contributed by atoms with E-state index in [9.17, 15) is 14.4 Å². The normalized spacial score (nSPS) is 15.1. The molecule has 1 fully saturated rings. The molecule has 0 spiro atoms. The maximum Gasteiger partial charge on any atom is 0.269 e. The number of anilines is 2. The Kier molecular flexibility index (Phi) is 7.75. The lowest BCUT2D eigenvalue weighted by Gasteiger charge is -2.24. The Hall–Kier alpha value is -3.95. The van der Waals surface area contributed by atoms with E-state index in [1.165, 1.54) is 9.91 Å². The number of rotatable bonds is 7. The van der Waals surface area contributed by atoms with Crippen molar-refractivity contribution in [1.29, 1.82) is 0 Å². The zero-order valence-corrected chi connectivity index (χ0v) is 22.0. The van der Waals surface area contributed by atoms with Crippen LogP contribution >= 0.6 is 23.8 Å². The van der Waals surface area contributed by atoms with Gasteiger partial charge in [0.15, 0.2) is 0 Å². The van der Waals surface area contributed by atoms with Crippen molar-refractivity contribution in [3.05, 3.63) is 88.4 Å². The first kappa shape index (κ1) is 26.1. The number of amides is 3. The number of thiocarbonyl (C=S) groups is 1. The quantitative estimate of drug-likeness (QED) is 0.427. The van der Waals surface area contributed by atoms with Crippen LogP contribution in [0.25, 0.3) is 0 Å². The highest BCUT2D eigenvalue weighted by Gasteiger charge is 2.45. The molecule has 3 amide bonds. The van der Waals surface area contributed by atoms with Gasteiger partial charge in [0, 0.05) is 16.3 Å². The number of halogens is 1. The summed E-state index contributed by atoms with van der Waals surface area (Å²) in [6.07, 6.45) is -0.236. The highest BCUT2D eigenvalue weighted by molar-refractivity contribution is 7.80. The molecule has 1 unspecified atom stereocenters. The van der Waals surface area contributed by atoms with Gasteiger partial charge in [-0.15, -0.1) is 0 Å². The van der Waals surface area contributed by atoms with E-state index in [1.807, 2.05) is 32.0 Å². The van der Waals surface area contributed by atoms with Gasteiger partial charge in [0.05, 0.1) is 19.2 Å². The number of hydrazine groups is 1. The fourth-order valence-corrected chi connectivity index (χ4v) is 4.47. The third kappa shape index (κ3) is 5.73. The van der Waals surface area contributed by atoms with Crippen LogP contribution in [0, 0.1) is 13.8 Å². The van der Waals surface area contributed by atoms with Gasteiger partial charge in [-0.25, -0.2) is 5.01 Å². The second-order valence-electron chi connectivity index (χ2n) is 8.56. The van der Waals surface area contributed by atoms with E-state index in [2.05, 4.69) is 10.7 Å². The zero-order chi connectivity index (χ0) is 26.7. The number of hydrogen-bond donors (Lipinski definition) is 2. The predicted molar refractivity (Wildman–Crippen MR) is 147 cm³/mol. The molecule has 2 N–H and O–H groups in total. The summed E-state index contributed by atoms with van der Waals surface area (Å²) in [4.78, 5) is 40.9. The minimum atomic E-state index is -1.06. The van der Waals surface area contributed by atoms with Crippen LogP contribution in [0.3, 0.4) is 0 Å². The molecule has 3 aromatic rings. The predicted octanol–water partition coefficient (Wildman–Crippen LogP) is 4.64. The van der Waals surface area contributed by atoms with Crippen LogP contribution in [0.15, 0.2) is 66.7 Å². The van der Waals surface area contributed by atoms with Gasteiger partial charge >= 0.3 is 0 Å². The third-order valence-electron chi connectivity index (χ3n) is 5.91. The van der Waals surface area contributed by atoms with Crippen LogP contribution in [0.4, 0.5) is 11.4 Å². The van der Waals surface area contributed by atoms with Crippen LogP contribution in [0.1, 0.15) is 27.9 Å². The first-order chi connectivity index (χ1) is 17.7. The molecule has 0 aromatic heterocycles. The fraction of sp³-hybridized carbons (Fsp3) is 0.185. The maximum atomic E-state index is 13.6. The molecule has 0 aliphatic carbocycles. The van der Waals surface area contributed by atoms with Crippen LogP contribution in [0.2, 0.25) is 5.02 Å². The summed E-state index contributed by atoms with van der Waals surface area (Å²) in [6, 6.07) is 17.6. The van der Waals surface area contributed by atoms with Crippen molar-refractivity contribution in [3.63, 3.8) is 0 Å². The molecular weight excluding hydrogens is 512 g/mol. The largest absolute Gasteiger partial charge is 0.497 e. The lowest BCUT2D eigenvalue weighted by molar-refractivity contribution is -0.124. The van der Waals surface area contributed by atoms with Gasteiger partial charge < -0.3 is 10.1 Å². The molecule has 4 rings (SSSR count). The number of ether oxygens (including phenoxy) is 1. The van der Waals surface area contributed by atoms with Crippen molar-refractivity contribution >= 4 is 58.0 Å². The van der Waals surface area contributed by atoms with Crippen molar-refractivity contribution in [2.75, 3.05) is 17.3 Å². The van der Waals surface area contributed by atoms with Gasteiger partial charge in [0.25, 0.3) is 11.8 Å². The van der Waals surface area contributed by atoms with Crippen LogP contribution in [-0.4, -0.2) is 41.0 Å². The number of carbonyl (C=O) groups excluding carboxylic acids is 3. The lowest BCUT2D eigenvalue weighted by atomic mass is 10.1. The molecule has 1 saturated heterocycles. The van der Waals surface area contributed by atoms with E-state index in [0.717, 1.165) is 11.1 Å². The number of nitrogens with zero attached hydrogens (tertiary/aromatic N) is 2. The first-order valence-electron chi connectivity index (χ1n) is 11.4. The third-order valence-corrected chi connectivity index (χ3v) is 6.54. The Bertz CT molecular complexity index is 1360. The average Bonchev–Trinajstić information content (AvgIpc) is 3.10. The second kappa shape index (κ2) is 11.0. The topological polar surface area (TPSA) is 91.0 Å². The molecule has 1 atom stereocenters. The zero-order valence-electron chi connectivity index (χ0n) is 20.4. The van der Waals surface area contributed by atoms with Gasteiger partial charge in [0.1, 0.15) is 11.8 Å². The molecule has 3 aromatic carbocycles. The molecule has 1 aliphatic heterocycles. The van der Waals surface area contributed by atoms with Gasteiger partial charge in [-0.1, -0.05) is 29.3 Å². The second-order valence-corrected chi connectivity index (χ2v) is 9.36. The molecule has 190 valence electrons. The highest BCUT2D eigenvalue weighted by atomic mass is 35.5. The first-order valence-corrected chi connectivity index (χ1v) is 12.2. The molecule has 37 heavy (non-hydrogen) atoms. The van der Waals surface area contributed by atoms with Crippen LogP contribution < -0.4 is 20.4 Å². The lowest BCUT2D eigenvalue weighted by Crippen LogP contribution is -2.49. The number of methoxy groups -OCH3 is 1. The Balaban J connectivity index is 1.61. The number of hydrogen-bond acceptors (Lipinski definition) is 5. The monoisotopic (exact) mass is 536 g/mol. The highest BCUT2D eigenvalue weighted by Crippen LogP contribution is 2.28. The number of nitrogens with one attached hydrogen (secondary N) is 2. The van der Waals surface area contributed by atoms with Crippen molar-refractivity contribution in [3.8, 4) is 5.75 Å². The molecule has 8 nitrogen and oxygen atoms in total. The van der Waals surface area contributed by atoms with E-state index < -0.39 is 23.8 Å². The van der Waals surface area contributed by atoms with E-state index in [0.29, 0.717) is 27.7 Å². The molecule has 0 radical (unpaired) electrons. The van der Waals surface area contributed by atoms with Crippen molar-refractivity contribution in [2.45, 2.75) is 26.3 Å². The smallest absolute Gasteiger partial charge is 0.269 e. The standard InChI is InChI=1S/C27H25ClN4O4S/c1-16-4-13-22(17(2)14-16)29-24(33)15-23-26(35)31(20-9-11-21(36-3)12-10-20)27(37)32(23)30-25(34)18-5-7-19(28)8-6-18/h4-14,23H,15H2,1-3H3,(H,29,33)(H,30,34). The number of aryl methyl sites for hydroxylation is 2. The summed E-state index contributed by atoms with van der Waals surface area (Å²) in [5, 5.41) is 4.65. The maximum absolute atomic E-state index is 13.6. The molecule has 1 aliphatic rings. The summed E-state index contributed by atoms with van der Waals surface area (Å²) in [5.41, 5.74) is 6.11. The summed E-state index contributed by atoms with van der Waals surface area (Å²) >= 11 is 11.5. The Morgan fingerprint density at radius 3 is 2.32 bits per heavy atom. The summed E-state index contributed by atoms with van der Waals surface area (Å²) in [7, 11) is 1.54. The van der Waals surface area contributed by atoms with Crippen LogP contribution in [0.5, 0.6) is 5.75 Å². The Morgan fingerprint density at radius 2 is 1.70 bits per heavy atom. The van der Waals surface area contributed by atoms with Gasteiger partial charge in [-0.3, -0.25) is 24.7 Å². The average molecular weight is 537 g/mol. The van der Waals surface area contributed by atoms with Crippen molar-refractivity contribution in [1.82, 2.24) is 10.4 Å². The van der Waals surface area contributed by atoms with Crippen molar-refractivity contribution in [2.24, 2.45) is 0 Å². The number of benzene rings is 3.